The molecule has 3 aromatic rings. The molecule has 1 aliphatic rings. The fourth-order valence-corrected chi connectivity index (χ4v) is 3.36. The molecule has 1 aliphatic heterocycles. The maximum absolute atomic E-state index is 12.3. The van der Waals surface area contributed by atoms with Gasteiger partial charge in [-0.25, -0.2) is 0 Å². The molecule has 23 heavy (non-hydrogen) atoms. The predicted molar refractivity (Wildman–Crippen MR) is 91.7 cm³/mol. The number of aromatic nitrogens is 1. The molecule has 118 valence electrons. The van der Waals surface area contributed by atoms with E-state index in [1.165, 1.54) is 10.8 Å². The van der Waals surface area contributed by atoms with E-state index in [1.807, 2.05) is 36.1 Å². The fraction of sp³-hybridized carbons (Fsp3) is 0.316. The van der Waals surface area contributed by atoms with Gasteiger partial charge in [-0.05, 0) is 38.0 Å². The first-order valence-corrected chi connectivity index (χ1v) is 8.18. The number of ether oxygens (including phenoxy) is 1. The lowest BCUT2D eigenvalue weighted by molar-refractivity contribution is -0.136. The van der Waals surface area contributed by atoms with Crippen molar-refractivity contribution in [1.82, 2.24) is 9.88 Å². The summed E-state index contributed by atoms with van der Waals surface area (Å²) >= 11 is 0. The summed E-state index contributed by atoms with van der Waals surface area (Å²) in [6, 6.07) is 14.2. The topological polar surface area (TPSA) is 45.3 Å². The molecule has 1 unspecified atom stereocenters. The Morgan fingerprint density at radius 2 is 1.83 bits per heavy atom. The van der Waals surface area contributed by atoms with Crippen LogP contribution < -0.4 is 4.74 Å². The van der Waals surface area contributed by atoms with E-state index in [4.69, 9.17) is 4.74 Å². The summed E-state index contributed by atoms with van der Waals surface area (Å²) in [5.74, 6) is 0.809. The Morgan fingerprint density at radius 3 is 2.65 bits per heavy atom. The number of fused-ring (bicyclic) bond motifs is 3. The number of likely N-dealkylation sites (tertiary alicyclic amines) is 1. The number of para-hydroxylation sites is 1. The largest absolute Gasteiger partial charge is 0.481 e. The van der Waals surface area contributed by atoms with Crippen molar-refractivity contribution in [1.29, 1.82) is 0 Å². The molecule has 4 heteroatoms. The lowest BCUT2D eigenvalue weighted by Gasteiger charge is -2.21. The molecule has 1 N–H and O–H groups in total. The summed E-state index contributed by atoms with van der Waals surface area (Å²) in [5, 5.41) is 2.38. The zero-order valence-electron chi connectivity index (χ0n) is 13.2. The molecule has 1 amide bonds. The van der Waals surface area contributed by atoms with E-state index in [0.29, 0.717) is 0 Å². The first-order chi connectivity index (χ1) is 11.2. The van der Waals surface area contributed by atoms with Crippen LogP contribution in [0.15, 0.2) is 42.5 Å². The molecule has 2 heterocycles. The molecule has 1 atom stereocenters. The summed E-state index contributed by atoms with van der Waals surface area (Å²) in [6.45, 7) is 3.54. The van der Waals surface area contributed by atoms with Gasteiger partial charge >= 0.3 is 0 Å². The fourth-order valence-electron chi connectivity index (χ4n) is 3.36. The van der Waals surface area contributed by atoms with Crippen LogP contribution >= 0.6 is 0 Å². The van der Waals surface area contributed by atoms with Crippen molar-refractivity contribution in [2.75, 3.05) is 13.1 Å². The van der Waals surface area contributed by atoms with Gasteiger partial charge in [-0.3, -0.25) is 4.79 Å². The van der Waals surface area contributed by atoms with Crippen molar-refractivity contribution < 1.29 is 9.53 Å². The van der Waals surface area contributed by atoms with E-state index in [1.54, 1.807) is 0 Å². The van der Waals surface area contributed by atoms with E-state index in [2.05, 4.69) is 23.2 Å². The highest BCUT2D eigenvalue weighted by Crippen LogP contribution is 2.28. The maximum Gasteiger partial charge on any atom is 0.263 e. The van der Waals surface area contributed by atoms with Crippen LogP contribution in [0.3, 0.4) is 0 Å². The summed E-state index contributed by atoms with van der Waals surface area (Å²) in [4.78, 5) is 17.6. The summed E-state index contributed by atoms with van der Waals surface area (Å²) < 4.78 is 5.88. The van der Waals surface area contributed by atoms with Crippen LogP contribution in [0.1, 0.15) is 19.8 Å². The normalized spacial score (nSPS) is 16.1. The number of nitrogens with one attached hydrogen (secondary N) is 1. The van der Waals surface area contributed by atoms with Crippen LogP contribution in [0.2, 0.25) is 0 Å². The Labute approximate surface area is 135 Å². The van der Waals surface area contributed by atoms with Crippen LogP contribution in [0, 0.1) is 0 Å². The van der Waals surface area contributed by atoms with Crippen molar-refractivity contribution >= 4 is 27.7 Å². The molecule has 4 nitrogen and oxygen atoms in total. The van der Waals surface area contributed by atoms with Crippen LogP contribution in [0.25, 0.3) is 21.8 Å². The van der Waals surface area contributed by atoms with Gasteiger partial charge in [0.15, 0.2) is 6.10 Å². The van der Waals surface area contributed by atoms with E-state index in [0.717, 1.165) is 42.7 Å². The third-order valence-corrected chi connectivity index (χ3v) is 4.56. The van der Waals surface area contributed by atoms with Gasteiger partial charge in [0.25, 0.3) is 5.91 Å². The molecule has 1 aromatic heterocycles. The lowest BCUT2D eigenvalue weighted by Crippen LogP contribution is -2.38. The molecule has 4 rings (SSSR count). The van der Waals surface area contributed by atoms with Crippen molar-refractivity contribution in [3.05, 3.63) is 42.5 Å². The monoisotopic (exact) mass is 308 g/mol. The number of hydrogen-bond donors (Lipinski definition) is 1. The minimum Gasteiger partial charge on any atom is -0.481 e. The van der Waals surface area contributed by atoms with Crippen molar-refractivity contribution in [3.8, 4) is 5.75 Å². The van der Waals surface area contributed by atoms with Gasteiger partial charge in [-0.15, -0.1) is 0 Å². The molecular weight excluding hydrogens is 288 g/mol. The number of rotatable bonds is 3. The Bertz CT molecular complexity index is 862. The SMILES string of the molecule is CC(Oc1ccc2c(c1)[nH]c1ccccc12)C(=O)N1CCCC1. The number of carbonyl (C=O) groups excluding carboxylic acids is 1. The van der Waals surface area contributed by atoms with Crippen molar-refractivity contribution in [2.45, 2.75) is 25.9 Å². The lowest BCUT2D eigenvalue weighted by atomic mass is 10.1. The van der Waals surface area contributed by atoms with E-state index in [-0.39, 0.29) is 5.91 Å². The second-order valence-electron chi connectivity index (χ2n) is 6.17. The summed E-state index contributed by atoms with van der Waals surface area (Å²) in [7, 11) is 0. The smallest absolute Gasteiger partial charge is 0.263 e. The number of benzene rings is 2. The molecule has 2 aromatic carbocycles. The van der Waals surface area contributed by atoms with Gasteiger partial charge < -0.3 is 14.6 Å². The van der Waals surface area contributed by atoms with Crippen molar-refractivity contribution in [2.24, 2.45) is 0 Å². The van der Waals surface area contributed by atoms with Crippen LogP contribution in [0.4, 0.5) is 0 Å². The zero-order valence-corrected chi connectivity index (χ0v) is 13.2. The minimum atomic E-state index is -0.449. The molecule has 1 fully saturated rings. The number of H-pyrrole nitrogens is 1. The van der Waals surface area contributed by atoms with Gasteiger partial charge in [-0.1, -0.05) is 18.2 Å². The van der Waals surface area contributed by atoms with Crippen LogP contribution in [-0.4, -0.2) is 35.0 Å². The third-order valence-electron chi connectivity index (χ3n) is 4.56. The predicted octanol–water partition coefficient (Wildman–Crippen LogP) is 3.71. The number of amides is 1. The molecule has 0 radical (unpaired) electrons. The van der Waals surface area contributed by atoms with Gasteiger partial charge in [-0.2, -0.15) is 0 Å². The van der Waals surface area contributed by atoms with E-state index in [9.17, 15) is 4.79 Å². The molecule has 1 saturated heterocycles. The molecule has 0 saturated carbocycles. The molecular formula is C19H20N2O2. The first kappa shape index (κ1) is 14.1. The quantitative estimate of drug-likeness (QED) is 0.801. The van der Waals surface area contributed by atoms with Gasteiger partial charge in [0, 0.05) is 35.4 Å². The number of nitrogens with zero attached hydrogens (tertiary/aromatic N) is 1. The van der Waals surface area contributed by atoms with Crippen LogP contribution in [-0.2, 0) is 4.79 Å². The van der Waals surface area contributed by atoms with Crippen molar-refractivity contribution in [3.63, 3.8) is 0 Å². The van der Waals surface area contributed by atoms with E-state index < -0.39 is 6.10 Å². The molecule has 0 bridgehead atoms. The summed E-state index contributed by atoms with van der Waals surface area (Å²) in [6.07, 6.45) is 1.74. The third kappa shape index (κ3) is 2.54. The highest BCUT2D eigenvalue weighted by Gasteiger charge is 2.24. The average molecular weight is 308 g/mol. The van der Waals surface area contributed by atoms with Gasteiger partial charge in [0.05, 0.1) is 5.52 Å². The Balaban J connectivity index is 1.59. The number of carbonyl (C=O) groups is 1. The molecule has 0 aliphatic carbocycles. The van der Waals surface area contributed by atoms with Gasteiger partial charge in [0.1, 0.15) is 5.75 Å². The van der Waals surface area contributed by atoms with Gasteiger partial charge in [0.2, 0.25) is 0 Å². The number of aromatic amines is 1. The second kappa shape index (κ2) is 5.61. The second-order valence-corrected chi connectivity index (χ2v) is 6.17. The van der Waals surface area contributed by atoms with E-state index >= 15 is 0 Å². The summed E-state index contributed by atoms with van der Waals surface area (Å²) in [5.41, 5.74) is 2.14. The Hall–Kier alpha value is -2.49. The molecule has 0 spiro atoms. The number of hydrogen-bond acceptors (Lipinski definition) is 2. The average Bonchev–Trinajstić information content (AvgIpc) is 3.21. The standard InChI is InChI=1S/C19H20N2O2/c1-13(19(22)21-10-4-5-11-21)23-14-8-9-16-15-6-2-3-7-17(15)20-18(16)12-14/h2-3,6-9,12-13,20H,4-5,10-11H2,1H3. The van der Waals surface area contributed by atoms with Crippen LogP contribution in [0.5, 0.6) is 5.75 Å². The zero-order chi connectivity index (χ0) is 15.8. The first-order valence-electron chi connectivity index (χ1n) is 8.18. The minimum absolute atomic E-state index is 0.0826. The maximum atomic E-state index is 12.3. The Kier molecular flexibility index (Phi) is 3.45. The highest BCUT2D eigenvalue weighted by atomic mass is 16.5. The highest BCUT2D eigenvalue weighted by molar-refractivity contribution is 6.07. The Morgan fingerprint density at radius 1 is 1.09 bits per heavy atom.